The van der Waals surface area contributed by atoms with Gasteiger partial charge in [-0.15, -0.1) is 0 Å². The lowest BCUT2D eigenvalue weighted by molar-refractivity contribution is 0.600. The molecule has 2 rings (SSSR count). The van der Waals surface area contributed by atoms with Gasteiger partial charge in [0.2, 0.25) is 10.0 Å². The van der Waals surface area contributed by atoms with Crippen molar-refractivity contribution in [2.24, 2.45) is 0 Å². The molecule has 1 N–H and O–H groups in total. The van der Waals surface area contributed by atoms with E-state index in [0.29, 0.717) is 5.69 Å². The smallest absolute Gasteiger partial charge is 0.236 e. The number of anilines is 1. The lowest BCUT2D eigenvalue weighted by Crippen LogP contribution is -2.15. The fraction of sp³-hybridized carbons (Fsp3) is 0.250. The van der Waals surface area contributed by atoms with Crippen molar-refractivity contribution in [2.45, 2.75) is 26.5 Å². The Morgan fingerprint density at radius 2 is 1.70 bits per heavy atom. The van der Waals surface area contributed by atoms with Crippen LogP contribution >= 0.6 is 0 Å². The number of sulfonamides is 1. The van der Waals surface area contributed by atoms with E-state index in [1.807, 2.05) is 57.2 Å². The van der Waals surface area contributed by atoms with Crippen LogP contribution in [-0.4, -0.2) is 8.42 Å². The molecule has 0 aliphatic carbocycles. The molecule has 0 aromatic heterocycles. The Balaban J connectivity index is 2.17. The molecule has 0 saturated carbocycles. The molecule has 0 radical (unpaired) electrons. The zero-order valence-corrected chi connectivity index (χ0v) is 12.8. The summed E-state index contributed by atoms with van der Waals surface area (Å²) in [6.07, 6.45) is 0. The van der Waals surface area contributed by atoms with Crippen LogP contribution < -0.4 is 4.72 Å². The fourth-order valence-corrected chi connectivity index (χ4v) is 3.22. The van der Waals surface area contributed by atoms with E-state index in [0.717, 1.165) is 22.3 Å². The third-order valence-electron chi connectivity index (χ3n) is 3.22. The minimum Gasteiger partial charge on any atom is -0.283 e. The van der Waals surface area contributed by atoms with Crippen molar-refractivity contribution >= 4 is 15.7 Å². The molecule has 0 atom stereocenters. The quantitative estimate of drug-likeness (QED) is 0.935. The van der Waals surface area contributed by atoms with Crippen LogP contribution in [0.3, 0.4) is 0 Å². The molecule has 0 amide bonds. The summed E-state index contributed by atoms with van der Waals surface area (Å²) in [6.45, 7) is 5.92. The Morgan fingerprint density at radius 1 is 0.950 bits per heavy atom. The van der Waals surface area contributed by atoms with Gasteiger partial charge in [0.15, 0.2) is 0 Å². The highest BCUT2D eigenvalue weighted by Gasteiger charge is 2.12. The van der Waals surface area contributed by atoms with Gasteiger partial charge in [-0.2, -0.15) is 0 Å². The summed E-state index contributed by atoms with van der Waals surface area (Å²) >= 11 is 0. The third-order valence-corrected chi connectivity index (χ3v) is 4.48. The van der Waals surface area contributed by atoms with Gasteiger partial charge in [-0.05, 0) is 49.6 Å². The first-order valence-electron chi connectivity index (χ1n) is 6.49. The van der Waals surface area contributed by atoms with Gasteiger partial charge < -0.3 is 0 Å². The van der Waals surface area contributed by atoms with Crippen LogP contribution in [0.5, 0.6) is 0 Å². The summed E-state index contributed by atoms with van der Waals surface area (Å²) in [5.74, 6) is -0.0123. The molecule has 0 aliphatic rings. The highest BCUT2D eigenvalue weighted by Crippen LogP contribution is 2.17. The van der Waals surface area contributed by atoms with Gasteiger partial charge in [0.1, 0.15) is 0 Å². The second-order valence-corrected chi connectivity index (χ2v) is 6.87. The first-order chi connectivity index (χ1) is 9.35. The molecule has 0 spiro atoms. The second kappa shape index (κ2) is 5.67. The Morgan fingerprint density at radius 3 is 2.35 bits per heavy atom. The zero-order valence-electron chi connectivity index (χ0n) is 12.0. The minimum atomic E-state index is -3.38. The number of benzene rings is 2. The van der Waals surface area contributed by atoms with Gasteiger partial charge in [0, 0.05) is 5.69 Å². The van der Waals surface area contributed by atoms with E-state index in [-0.39, 0.29) is 5.75 Å². The molecular weight excluding hydrogens is 270 g/mol. The van der Waals surface area contributed by atoms with Crippen LogP contribution in [0.4, 0.5) is 5.69 Å². The van der Waals surface area contributed by atoms with E-state index < -0.39 is 10.0 Å². The Kier molecular flexibility index (Phi) is 4.14. The van der Waals surface area contributed by atoms with E-state index in [2.05, 4.69) is 4.72 Å². The standard InChI is InChI=1S/C16H19NO2S/c1-12-5-4-6-15(9-12)11-20(18,19)17-16-8-7-13(2)14(3)10-16/h4-10,17H,11H2,1-3H3. The number of nitrogens with one attached hydrogen (secondary N) is 1. The molecule has 2 aromatic rings. The fourth-order valence-electron chi connectivity index (χ4n) is 2.04. The monoisotopic (exact) mass is 289 g/mol. The molecule has 0 heterocycles. The zero-order chi connectivity index (χ0) is 14.8. The molecule has 2 aromatic carbocycles. The maximum atomic E-state index is 12.2. The van der Waals surface area contributed by atoms with E-state index in [4.69, 9.17) is 0 Å². The molecule has 106 valence electrons. The van der Waals surface area contributed by atoms with Crippen LogP contribution in [-0.2, 0) is 15.8 Å². The van der Waals surface area contributed by atoms with Gasteiger partial charge in [-0.3, -0.25) is 4.72 Å². The maximum absolute atomic E-state index is 12.2. The summed E-state index contributed by atoms with van der Waals surface area (Å²) in [4.78, 5) is 0. The van der Waals surface area contributed by atoms with Crippen molar-refractivity contribution in [1.82, 2.24) is 0 Å². The lowest BCUT2D eigenvalue weighted by Gasteiger charge is -2.10. The predicted molar refractivity (Wildman–Crippen MR) is 83.3 cm³/mol. The van der Waals surface area contributed by atoms with Crippen molar-refractivity contribution in [3.63, 3.8) is 0 Å². The van der Waals surface area contributed by atoms with Crippen molar-refractivity contribution in [3.8, 4) is 0 Å². The average molecular weight is 289 g/mol. The number of rotatable bonds is 4. The average Bonchev–Trinajstić information content (AvgIpc) is 2.33. The number of aryl methyl sites for hydroxylation is 3. The van der Waals surface area contributed by atoms with Crippen LogP contribution in [0, 0.1) is 20.8 Å². The van der Waals surface area contributed by atoms with Crippen LogP contribution in [0.15, 0.2) is 42.5 Å². The first kappa shape index (κ1) is 14.6. The molecule has 0 saturated heterocycles. The second-order valence-electron chi connectivity index (χ2n) is 5.15. The lowest BCUT2D eigenvalue weighted by atomic mass is 10.1. The molecule has 3 nitrogen and oxygen atoms in total. The molecule has 4 heteroatoms. The maximum Gasteiger partial charge on any atom is 0.236 e. The first-order valence-corrected chi connectivity index (χ1v) is 8.14. The van der Waals surface area contributed by atoms with E-state index in [1.165, 1.54) is 0 Å². The van der Waals surface area contributed by atoms with E-state index >= 15 is 0 Å². The summed E-state index contributed by atoms with van der Waals surface area (Å²) in [7, 11) is -3.38. The number of hydrogen-bond donors (Lipinski definition) is 1. The van der Waals surface area contributed by atoms with Crippen molar-refractivity contribution < 1.29 is 8.42 Å². The molecule has 0 aliphatic heterocycles. The Bertz CT molecular complexity index is 721. The SMILES string of the molecule is Cc1cccc(CS(=O)(=O)Nc2ccc(C)c(C)c2)c1. The topological polar surface area (TPSA) is 46.2 Å². The van der Waals surface area contributed by atoms with Gasteiger partial charge in [-0.25, -0.2) is 8.42 Å². The molecular formula is C16H19NO2S. The summed E-state index contributed by atoms with van der Waals surface area (Å²) in [5, 5.41) is 0. The summed E-state index contributed by atoms with van der Waals surface area (Å²) < 4.78 is 27.0. The van der Waals surface area contributed by atoms with Gasteiger partial charge >= 0.3 is 0 Å². The molecule has 0 unspecified atom stereocenters. The van der Waals surface area contributed by atoms with E-state index in [9.17, 15) is 8.42 Å². The Labute approximate surface area is 120 Å². The van der Waals surface area contributed by atoms with Crippen molar-refractivity contribution in [1.29, 1.82) is 0 Å². The number of hydrogen-bond acceptors (Lipinski definition) is 2. The van der Waals surface area contributed by atoms with Crippen molar-refractivity contribution in [2.75, 3.05) is 4.72 Å². The summed E-state index contributed by atoms with van der Waals surface area (Å²) in [5.41, 5.74) is 4.68. The molecule has 0 fully saturated rings. The normalized spacial score (nSPS) is 11.3. The van der Waals surface area contributed by atoms with Gasteiger partial charge in [0.05, 0.1) is 5.75 Å². The van der Waals surface area contributed by atoms with Crippen LogP contribution in [0.25, 0.3) is 0 Å². The highest BCUT2D eigenvalue weighted by molar-refractivity contribution is 7.91. The van der Waals surface area contributed by atoms with E-state index in [1.54, 1.807) is 6.07 Å². The largest absolute Gasteiger partial charge is 0.283 e. The Hall–Kier alpha value is -1.81. The molecule has 20 heavy (non-hydrogen) atoms. The van der Waals surface area contributed by atoms with Crippen molar-refractivity contribution in [3.05, 3.63) is 64.7 Å². The summed E-state index contributed by atoms with van der Waals surface area (Å²) in [6, 6.07) is 13.1. The van der Waals surface area contributed by atoms with Crippen LogP contribution in [0.2, 0.25) is 0 Å². The predicted octanol–water partition coefficient (Wildman–Crippen LogP) is 3.55. The minimum absolute atomic E-state index is 0.0123. The van der Waals surface area contributed by atoms with Gasteiger partial charge in [-0.1, -0.05) is 35.9 Å². The van der Waals surface area contributed by atoms with Crippen LogP contribution in [0.1, 0.15) is 22.3 Å². The molecule has 0 bridgehead atoms. The highest BCUT2D eigenvalue weighted by atomic mass is 32.2. The third kappa shape index (κ3) is 3.84. The van der Waals surface area contributed by atoms with Gasteiger partial charge in [0.25, 0.3) is 0 Å².